The summed E-state index contributed by atoms with van der Waals surface area (Å²) in [5.74, 6) is 0.526. The molecule has 6 heteroatoms. The Bertz CT molecular complexity index is 851. The highest BCUT2D eigenvalue weighted by molar-refractivity contribution is 7.80. The first-order valence-electron chi connectivity index (χ1n) is 9.00. The van der Waals surface area contributed by atoms with Crippen LogP contribution in [-0.2, 0) is 4.74 Å². The quantitative estimate of drug-likeness (QED) is 0.600. The van der Waals surface area contributed by atoms with Crippen molar-refractivity contribution in [3.8, 4) is 5.75 Å². The molecule has 0 bridgehead atoms. The molecule has 1 atom stereocenters. The predicted molar refractivity (Wildman–Crippen MR) is 110 cm³/mol. The Morgan fingerprint density at radius 2 is 2.04 bits per heavy atom. The minimum Gasteiger partial charge on any atom is -0.487 e. The van der Waals surface area contributed by atoms with E-state index in [2.05, 4.69) is 24.5 Å². The summed E-state index contributed by atoms with van der Waals surface area (Å²) in [4.78, 5) is 11.9. The maximum Gasteiger partial charge on any atom is 0.338 e. The first-order chi connectivity index (χ1) is 12.9. The number of ether oxygens (including phenoxy) is 2. The summed E-state index contributed by atoms with van der Waals surface area (Å²) in [5.41, 5.74) is 2.02. The molecule has 142 valence electrons. The van der Waals surface area contributed by atoms with Crippen LogP contribution in [-0.4, -0.2) is 23.3 Å². The molecule has 0 fully saturated rings. The summed E-state index contributed by atoms with van der Waals surface area (Å²) in [7, 11) is 0. The topological polar surface area (TPSA) is 59.6 Å². The number of hydrogen-bond acceptors (Lipinski definition) is 4. The molecule has 0 saturated carbocycles. The Labute approximate surface area is 165 Å². The summed E-state index contributed by atoms with van der Waals surface area (Å²) < 4.78 is 11.1. The molecule has 0 amide bonds. The van der Waals surface area contributed by atoms with Crippen molar-refractivity contribution in [1.29, 1.82) is 0 Å². The van der Waals surface area contributed by atoms with Crippen molar-refractivity contribution >= 4 is 29.0 Å². The van der Waals surface area contributed by atoms with Crippen LogP contribution in [0.25, 0.3) is 0 Å². The fraction of sp³-hybridized carbons (Fsp3) is 0.333. The van der Waals surface area contributed by atoms with Crippen LogP contribution in [0.3, 0.4) is 0 Å². The number of benzene rings is 2. The zero-order valence-corrected chi connectivity index (χ0v) is 16.6. The third-order valence-corrected chi connectivity index (χ3v) is 4.53. The zero-order chi connectivity index (χ0) is 19.4. The van der Waals surface area contributed by atoms with Gasteiger partial charge >= 0.3 is 5.97 Å². The highest BCUT2D eigenvalue weighted by atomic mass is 32.1. The molecule has 0 radical (unpaired) electrons. The highest BCUT2D eigenvalue weighted by Crippen LogP contribution is 2.39. The lowest BCUT2D eigenvalue weighted by Gasteiger charge is -2.38. The van der Waals surface area contributed by atoms with Crippen LogP contribution in [0.1, 0.15) is 49.2 Å². The second-order valence-electron chi connectivity index (χ2n) is 7.06. The fourth-order valence-corrected chi connectivity index (χ4v) is 3.45. The van der Waals surface area contributed by atoms with E-state index in [-0.39, 0.29) is 17.6 Å². The number of rotatable bonds is 4. The van der Waals surface area contributed by atoms with E-state index in [4.69, 9.17) is 21.7 Å². The van der Waals surface area contributed by atoms with Gasteiger partial charge in [0.15, 0.2) is 5.11 Å². The number of carbonyl (C=O) groups excluding carboxylic acids is 1. The third-order valence-electron chi connectivity index (χ3n) is 4.31. The molecule has 27 heavy (non-hydrogen) atoms. The Hall–Kier alpha value is -2.60. The summed E-state index contributed by atoms with van der Waals surface area (Å²) in [6.07, 6.45) is 0.786. The average molecular weight is 385 g/mol. The lowest BCUT2D eigenvalue weighted by molar-refractivity contribution is 0.0526. The number of para-hydroxylation sites is 1. The van der Waals surface area contributed by atoms with E-state index < -0.39 is 0 Å². The number of nitrogens with one attached hydrogen (secondary N) is 2. The second-order valence-corrected chi connectivity index (χ2v) is 7.46. The van der Waals surface area contributed by atoms with Gasteiger partial charge in [0.05, 0.1) is 18.2 Å². The van der Waals surface area contributed by atoms with Crippen molar-refractivity contribution in [2.24, 2.45) is 0 Å². The highest BCUT2D eigenvalue weighted by Gasteiger charge is 2.33. The molecule has 0 saturated heterocycles. The SMILES string of the molecule is CCOC(=O)c1cccc(NC(=S)N[C@H]2CC(C)(C)Oc3ccccc32)c1. The molecular weight excluding hydrogens is 360 g/mol. The molecule has 2 aromatic carbocycles. The monoisotopic (exact) mass is 384 g/mol. The summed E-state index contributed by atoms with van der Waals surface area (Å²) in [6, 6.07) is 15.1. The van der Waals surface area contributed by atoms with Crippen LogP contribution in [0, 0.1) is 0 Å². The van der Waals surface area contributed by atoms with Gasteiger partial charge < -0.3 is 20.1 Å². The van der Waals surface area contributed by atoms with Gasteiger partial charge in [0.1, 0.15) is 11.4 Å². The Balaban J connectivity index is 1.71. The molecule has 2 aromatic rings. The van der Waals surface area contributed by atoms with E-state index in [0.717, 1.165) is 23.4 Å². The standard InChI is InChI=1S/C21H24N2O3S/c1-4-25-19(24)14-8-7-9-15(12-14)22-20(27)23-17-13-21(2,3)26-18-11-6-5-10-16(17)18/h5-12,17H,4,13H2,1-3H3,(H2,22,23,27)/t17-/m0/s1. The molecule has 3 rings (SSSR count). The van der Waals surface area contributed by atoms with Gasteiger partial charge in [0.25, 0.3) is 0 Å². The van der Waals surface area contributed by atoms with Gasteiger partial charge in [-0.1, -0.05) is 24.3 Å². The van der Waals surface area contributed by atoms with Gasteiger partial charge in [-0.2, -0.15) is 0 Å². The fourth-order valence-electron chi connectivity index (χ4n) is 3.19. The van der Waals surface area contributed by atoms with Crippen LogP contribution < -0.4 is 15.4 Å². The predicted octanol–water partition coefficient (Wildman–Crippen LogP) is 4.45. The van der Waals surface area contributed by atoms with E-state index in [1.54, 1.807) is 25.1 Å². The third kappa shape index (κ3) is 4.77. The number of thiocarbonyl (C=S) groups is 1. The van der Waals surface area contributed by atoms with Crippen LogP contribution in [0.4, 0.5) is 5.69 Å². The van der Waals surface area contributed by atoms with Crippen molar-refractivity contribution in [1.82, 2.24) is 5.32 Å². The van der Waals surface area contributed by atoms with E-state index in [0.29, 0.717) is 17.3 Å². The number of carbonyl (C=O) groups is 1. The number of anilines is 1. The molecule has 1 aliphatic heterocycles. The summed E-state index contributed by atoms with van der Waals surface area (Å²) >= 11 is 5.50. The Morgan fingerprint density at radius 1 is 1.26 bits per heavy atom. The molecule has 2 N–H and O–H groups in total. The Morgan fingerprint density at radius 3 is 2.81 bits per heavy atom. The maximum atomic E-state index is 11.9. The van der Waals surface area contributed by atoms with Crippen molar-refractivity contribution in [2.45, 2.75) is 38.8 Å². The van der Waals surface area contributed by atoms with E-state index in [1.165, 1.54) is 0 Å². The molecular formula is C21H24N2O3S. The minimum atomic E-state index is -0.347. The molecule has 0 aliphatic carbocycles. The second kappa shape index (κ2) is 7.96. The van der Waals surface area contributed by atoms with E-state index in [9.17, 15) is 4.79 Å². The van der Waals surface area contributed by atoms with E-state index in [1.807, 2.05) is 30.3 Å². The number of fused-ring (bicyclic) bond motifs is 1. The molecule has 5 nitrogen and oxygen atoms in total. The summed E-state index contributed by atoms with van der Waals surface area (Å²) in [5, 5.41) is 7.03. The molecule has 0 spiro atoms. The largest absolute Gasteiger partial charge is 0.487 e. The van der Waals surface area contributed by atoms with Crippen molar-refractivity contribution in [3.05, 3.63) is 59.7 Å². The normalized spacial score (nSPS) is 17.2. The molecule has 0 aromatic heterocycles. The van der Waals surface area contributed by atoms with Crippen LogP contribution in [0.15, 0.2) is 48.5 Å². The first-order valence-corrected chi connectivity index (χ1v) is 9.41. The zero-order valence-electron chi connectivity index (χ0n) is 15.7. The first kappa shape index (κ1) is 19.2. The van der Waals surface area contributed by atoms with Gasteiger partial charge in [-0.15, -0.1) is 0 Å². The minimum absolute atomic E-state index is 0.0400. The van der Waals surface area contributed by atoms with Gasteiger partial charge in [0.2, 0.25) is 0 Å². The van der Waals surface area contributed by atoms with E-state index >= 15 is 0 Å². The lowest BCUT2D eigenvalue weighted by atomic mass is 9.90. The van der Waals surface area contributed by atoms with Gasteiger partial charge in [-0.3, -0.25) is 0 Å². The average Bonchev–Trinajstić information content (AvgIpc) is 2.61. The summed E-state index contributed by atoms with van der Waals surface area (Å²) in [6.45, 7) is 6.26. The van der Waals surface area contributed by atoms with Gasteiger partial charge in [0, 0.05) is 17.7 Å². The number of esters is 1. The van der Waals surface area contributed by atoms with Crippen LogP contribution >= 0.6 is 12.2 Å². The van der Waals surface area contributed by atoms with Crippen LogP contribution in [0.2, 0.25) is 0 Å². The van der Waals surface area contributed by atoms with Gasteiger partial charge in [-0.25, -0.2) is 4.79 Å². The van der Waals surface area contributed by atoms with Crippen molar-refractivity contribution < 1.29 is 14.3 Å². The lowest BCUT2D eigenvalue weighted by Crippen LogP contribution is -2.42. The van der Waals surface area contributed by atoms with Crippen LogP contribution in [0.5, 0.6) is 5.75 Å². The van der Waals surface area contributed by atoms with Gasteiger partial charge in [-0.05, 0) is 57.3 Å². The Kier molecular flexibility index (Phi) is 5.65. The molecule has 1 heterocycles. The maximum absolute atomic E-state index is 11.9. The number of hydrogen-bond donors (Lipinski definition) is 2. The van der Waals surface area contributed by atoms with Crippen molar-refractivity contribution in [2.75, 3.05) is 11.9 Å². The molecule has 1 aliphatic rings. The molecule has 0 unspecified atom stereocenters. The van der Waals surface area contributed by atoms with Crippen molar-refractivity contribution in [3.63, 3.8) is 0 Å². The smallest absolute Gasteiger partial charge is 0.338 e.